The van der Waals surface area contributed by atoms with E-state index in [0.717, 1.165) is 42.4 Å². The van der Waals surface area contributed by atoms with Crippen LogP contribution in [0.3, 0.4) is 0 Å². The number of aromatic nitrogens is 2. The molecule has 7 heteroatoms. The highest BCUT2D eigenvalue weighted by atomic mass is 35.5. The van der Waals surface area contributed by atoms with Gasteiger partial charge in [0.05, 0.1) is 5.39 Å². The Morgan fingerprint density at radius 2 is 1.76 bits per heavy atom. The average Bonchev–Trinajstić information content (AvgIpc) is 3.11. The largest absolute Gasteiger partial charge is 0.352 e. The second-order valence-corrected chi connectivity index (χ2v) is 9.29. The number of aryl methyl sites for hydroxylation is 3. The molecule has 1 aliphatic heterocycles. The molecule has 0 saturated carbocycles. The first-order chi connectivity index (χ1) is 14.1. The van der Waals surface area contributed by atoms with E-state index in [1.54, 1.807) is 24.3 Å². The molecular weight excluding hydrogens is 404 g/mol. The number of rotatable bonds is 2. The summed E-state index contributed by atoms with van der Waals surface area (Å²) in [6, 6.07) is 7.13. The topological polar surface area (TPSA) is 49.3 Å². The molecule has 1 aromatic carbocycles. The molecule has 5 nitrogen and oxygen atoms in total. The number of anilines is 1. The van der Waals surface area contributed by atoms with Crippen molar-refractivity contribution in [1.82, 2.24) is 14.9 Å². The first-order valence-electron chi connectivity index (χ1n) is 10.2. The Labute approximate surface area is 179 Å². The Balaban J connectivity index is 1.39. The first kappa shape index (κ1) is 18.8. The molecular formula is C22H23ClN4OS. The highest BCUT2D eigenvalue weighted by Gasteiger charge is 2.27. The average molecular weight is 427 g/mol. The van der Waals surface area contributed by atoms with Crippen LogP contribution in [0.4, 0.5) is 5.82 Å². The van der Waals surface area contributed by atoms with Gasteiger partial charge in [0.1, 0.15) is 16.5 Å². The number of hydrogen-bond acceptors (Lipinski definition) is 5. The Kier molecular flexibility index (Phi) is 4.92. The molecule has 0 unspecified atom stereocenters. The molecule has 0 atom stereocenters. The van der Waals surface area contributed by atoms with Gasteiger partial charge in [-0.1, -0.05) is 11.6 Å². The lowest BCUT2D eigenvalue weighted by molar-refractivity contribution is 0.0746. The van der Waals surface area contributed by atoms with E-state index in [1.807, 2.05) is 23.2 Å². The molecule has 1 saturated heterocycles. The van der Waals surface area contributed by atoms with E-state index in [9.17, 15) is 4.79 Å². The van der Waals surface area contributed by atoms with Crippen molar-refractivity contribution in [3.05, 3.63) is 51.1 Å². The number of amides is 1. The van der Waals surface area contributed by atoms with Crippen LogP contribution < -0.4 is 4.90 Å². The van der Waals surface area contributed by atoms with Crippen LogP contribution in [-0.4, -0.2) is 47.0 Å². The van der Waals surface area contributed by atoms with Gasteiger partial charge in [0.15, 0.2) is 0 Å². The summed E-state index contributed by atoms with van der Waals surface area (Å²) in [5.41, 5.74) is 2.15. The van der Waals surface area contributed by atoms with Crippen molar-refractivity contribution in [2.45, 2.75) is 32.6 Å². The van der Waals surface area contributed by atoms with E-state index in [-0.39, 0.29) is 5.91 Å². The van der Waals surface area contributed by atoms with Crippen molar-refractivity contribution in [1.29, 1.82) is 0 Å². The van der Waals surface area contributed by atoms with E-state index in [1.165, 1.54) is 28.7 Å². The summed E-state index contributed by atoms with van der Waals surface area (Å²) in [6.45, 7) is 4.93. The van der Waals surface area contributed by atoms with Crippen LogP contribution >= 0.6 is 22.9 Å². The Hall–Kier alpha value is -2.18. The molecule has 1 aliphatic carbocycles. The van der Waals surface area contributed by atoms with Crippen LogP contribution in [0.1, 0.15) is 39.5 Å². The summed E-state index contributed by atoms with van der Waals surface area (Å²) >= 11 is 7.79. The molecule has 0 radical (unpaired) electrons. The van der Waals surface area contributed by atoms with Crippen molar-refractivity contribution in [2.24, 2.45) is 0 Å². The Morgan fingerprint density at radius 3 is 2.52 bits per heavy atom. The zero-order chi connectivity index (χ0) is 20.0. The van der Waals surface area contributed by atoms with E-state index >= 15 is 0 Å². The fourth-order valence-corrected chi connectivity index (χ4v) is 5.79. The van der Waals surface area contributed by atoms with Gasteiger partial charge in [0.25, 0.3) is 5.91 Å². The van der Waals surface area contributed by atoms with Gasteiger partial charge in [-0.2, -0.15) is 0 Å². The van der Waals surface area contributed by atoms with E-state index in [0.29, 0.717) is 23.7 Å². The number of benzene rings is 1. The number of fused-ring (bicyclic) bond motifs is 3. The van der Waals surface area contributed by atoms with Gasteiger partial charge in [0, 0.05) is 41.6 Å². The minimum Gasteiger partial charge on any atom is -0.352 e. The first-order valence-corrected chi connectivity index (χ1v) is 11.4. The minimum atomic E-state index is 0.0678. The summed E-state index contributed by atoms with van der Waals surface area (Å²) in [7, 11) is 0. The van der Waals surface area contributed by atoms with Gasteiger partial charge in [-0.05, 0) is 62.4 Å². The van der Waals surface area contributed by atoms with Crippen LogP contribution in [0.15, 0.2) is 24.3 Å². The molecule has 3 aromatic rings. The second-order valence-electron chi connectivity index (χ2n) is 7.77. The summed E-state index contributed by atoms with van der Waals surface area (Å²) in [5, 5.41) is 1.90. The molecule has 1 fully saturated rings. The van der Waals surface area contributed by atoms with Gasteiger partial charge < -0.3 is 9.80 Å². The molecule has 5 rings (SSSR count). The summed E-state index contributed by atoms with van der Waals surface area (Å²) in [4.78, 5) is 29.3. The molecule has 0 bridgehead atoms. The predicted octanol–water partition coefficient (Wildman–Crippen LogP) is 4.49. The maximum absolute atomic E-state index is 12.8. The fourth-order valence-electron chi connectivity index (χ4n) is 4.37. The van der Waals surface area contributed by atoms with Crippen LogP contribution in [0.25, 0.3) is 10.2 Å². The summed E-state index contributed by atoms with van der Waals surface area (Å²) in [6.07, 6.45) is 4.81. The number of hydrogen-bond donors (Lipinski definition) is 0. The molecule has 3 heterocycles. The van der Waals surface area contributed by atoms with Crippen molar-refractivity contribution in [3.63, 3.8) is 0 Å². The van der Waals surface area contributed by atoms with Gasteiger partial charge in [-0.15, -0.1) is 11.3 Å². The monoisotopic (exact) mass is 426 g/mol. The van der Waals surface area contributed by atoms with Gasteiger partial charge in [-0.25, -0.2) is 9.97 Å². The fraction of sp³-hybridized carbons (Fsp3) is 0.409. The molecule has 2 aliphatic rings. The predicted molar refractivity (Wildman–Crippen MR) is 118 cm³/mol. The Morgan fingerprint density at radius 1 is 1.03 bits per heavy atom. The van der Waals surface area contributed by atoms with Gasteiger partial charge in [0.2, 0.25) is 0 Å². The zero-order valence-electron chi connectivity index (χ0n) is 16.4. The normalized spacial score (nSPS) is 16.9. The third-order valence-electron chi connectivity index (χ3n) is 5.86. The quantitative estimate of drug-likeness (QED) is 0.605. The highest BCUT2D eigenvalue weighted by molar-refractivity contribution is 7.19. The van der Waals surface area contributed by atoms with Crippen molar-refractivity contribution >= 4 is 44.9 Å². The number of piperazine rings is 1. The van der Waals surface area contributed by atoms with Crippen LogP contribution in [0, 0.1) is 6.92 Å². The van der Waals surface area contributed by atoms with Gasteiger partial charge in [-0.3, -0.25) is 4.79 Å². The van der Waals surface area contributed by atoms with E-state index < -0.39 is 0 Å². The standard InChI is InChI=1S/C22H23ClN4OS/c1-14-24-20(19-17-4-2-3-5-18(17)29-21(19)25-14)26-10-12-27(13-11-26)22(28)15-6-8-16(23)9-7-15/h6-9H,2-5,10-13H2,1H3. The number of carbonyl (C=O) groups excluding carboxylic acids is 1. The van der Waals surface area contributed by atoms with Crippen molar-refractivity contribution < 1.29 is 4.79 Å². The van der Waals surface area contributed by atoms with Crippen LogP contribution in [0.2, 0.25) is 5.02 Å². The lowest BCUT2D eigenvalue weighted by Crippen LogP contribution is -2.49. The van der Waals surface area contributed by atoms with Crippen molar-refractivity contribution in [3.8, 4) is 0 Å². The number of nitrogens with zero attached hydrogens (tertiary/aromatic N) is 4. The molecule has 0 N–H and O–H groups in total. The number of carbonyl (C=O) groups is 1. The molecule has 29 heavy (non-hydrogen) atoms. The van der Waals surface area contributed by atoms with Gasteiger partial charge >= 0.3 is 0 Å². The lowest BCUT2D eigenvalue weighted by atomic mass is 9.97. The smallest absolute Gasteiger partial charge is 0.253 e. The third-order valence-corrected chi connectivity index (χ3v) is 7.30. The molecule has 0 spiro atoms. The van der Waals surface area contributed by atoms with E-state index in [2.05, 4.69) is 4.90 Å². The molecule has 150 valence electrons. The third kappa shape index (κ3) is 3.49. The van der Waals surface area contributed by atoms with Crippen LogP contribution in [-0.2, 0) is 12.8 Å². The Bertz CT molecular complexity index is 1070. The SMILES string of the molecule is Cc1nc(N2CCN(C(=O)c3ccc(Cl)cc3)CC2)c2c3c(sc2n1)CCCC3. The molecule has 1 amide bonds. The number of thiophene rings is 1. The summed E-state index contributed by atoms with van der Waals surface area (Å²) < 4.78 is 0. The van der Waals surface area contributed by atoms with Crippen LogP contribution in [0.5, 0.6) is 0 Å². The maximum atomic E-state index is 12.8. The second kappa shape index (κ2) is 7.58. The minimum absolute atomic E-state index is 0.0678. The number of halogens is 1. The maximum Gasteiger partial charge on any atom is 0.253 e. The van der Waals surface area contributed by atoms with Crippen molar-refractivity contribution in [2.75, 3.05) is 31.1 Å². The zero-order valence-corrected chi connectivity index (χ0v) is 18.0. The highest BCUT2D eigenvalue weighted by Crippen LogP contribution is 2.39. The summed E-state index contributed by atoms with van der Waals surface area (Å²) in [5.74, 6) is 1.95. The molecule has 2 aromatic heterocycles. The lowest BCUT2D eigenvalue weighted by Gasteiger charge is -2.36. The van der Waals surface area contributed by atoms with E-state index in [4.69, 9.17) is 21.6 Å².